The lowest BCUT2D eigenvalue weighted by Crippen LogP contribution is -2.25. The monoisotopic (exact) mass is 398 g/mol. The van der Waals surface area contributed by atoms with Crippen LogP contribution in [0.4, 0.5) is 20.2 Å². The highest BCUT2D eigenvalue weighted by molar-refractivity contribution is 5.93. The molecular formula is C17H20F2N4O5. The largest absolute Gasteiger partial charge is 0.490 e. The number of nitrogens with zero attached hydrogens (tertiary/aromatic N) is 3. The molecule has 11 heteroatoms. The van der Waals surface area contributed by atoms with Gasteiger partial charge in [0.25, 0.3) is 0 Å². The summed E-state index contributed by atoms with van der Waals surface area (Å²) in [6.07, 6.45) is 0. The SMILES string of the molecule is CCOc1cc(NC(=O)C(C)n2nc(C)c([N+](=O)[O-])c2C)ccc1OC(F)F. The lowest BCUT2D eigenvalue weighted by molar-refractivity contribution is -0.386. The van der Waals surface area contributed by atoms with Crippen LogP contribution in [0, 0.1) is 24.0 Å². The number of benzene rings is 1. The summed E-state index contributed by atoms with van der Waals surface area (Å²) >= 11 is 0. The van der Waals surface area contributed by atoms with E-state index in [1.54, 1.807) is 6.92 Å². The zero-order valence-corrected chi connectivity index (χ0v) is 15.7. The van der Waals surface area contributed by atoms with Crippen LogP contribution in [-0.4, -0.2) is 33.8 Å². The number of ether oxygens (including phenoxy) is 2. The molecule has 9 nitrogen and oxygen atoms in total. The number of nitro groups is 1. The van der Waals surface area contributed by atoms with Crippen LogP contribution in [0.15, 0.2) is 18.2 Å². The van der Waals surface area contributed by atoms with Gasteiger partial charge in [0.1, 0.15) is 17.4 Å². The number of aryl methyl sites for hydroxylation is 1. The molecule has 0 fully saturated rings. The minimum atomic E-state index is -3.01. The van der Waals surface area contributed by atoms with Gasteiger partial charge >= 0.3 is 12.3 Å². The van der Waals surface area contributed by atoms with Gasteiger partial charge in [-0.1, -0.05) is 0 Å². The van der Waals surface area contributed by atoms with E-state index in [1.165, 1.54) is 43.7 Å². The fourth-order valence-corrected chi connectivity index (χ4v) is 2.70. The second-order valence-electron chi connectivity index (χ2n) is 5.86. The number of halogens is 2. The molecular weight excluding hydrogens is 378 g/mol. The van der Waals surface area contributed by atoms with Crippen molar-refractivity contribution in [2.75, 3.05) is 11.9 Å². The Hall–Kier alpha value is -3.24. The van der Waals surface area contributed by atoms with E-state index in [1.807, 2.05) is 0 Å². The van der Waals surface area contributed by atoms with Crippen molar-refractivity contribution in [3.63, 3.8) is 0 Å². The van der Waals surface area contributed by atoms with E-state index < -0.39 is 23.5 Å². The van der Waals surface area contributed by atoms with Crippen LogP contribution >= 0.6 is 0 Å². The molecule has 2 rings (SSSR count). The summed E-state index contributed by atoms with van der Waals surface area (Å²) in [6, 6.07) is 3.15. The first-order valence-corrected chi connectivity index (χ1v) is 8.38. The highest BCUT2D eigenvalue weighted by Gasteiger charge is 2.27. The maximum atomic E-state index is 12.6. The molecule has 0 aliphatic carbocycles. The van der Waals surface area contributed by atoms with E-state index in [2.05, 4.69) is 15.2 Å². The molecule has 1 unspecified atom stereocenters. The summed E-state index contributed by atoms with van der Waals surface area (Å²) in [5.41, 5.74) is 0.597. The van der Waals surface area contributed by atoms with Crippen molar-refractivity contribution >= 4 is 17.3 Å². The number of rotatable bonds is 8. The molecule has 0 aliphatic heterocycles. The Labute approximate surface area is 159 Å². The van der Waals surface area contributed by atoms with Crippen molar-refractivity contribution in [1.82, 2.24) is 9.78 Å². The average Bonchev–Trinajstić information content (AvgIpc) is 2.90. The summed E-state index contributed by atoms with van der Waals surface area (Å²) in [6.45, 7) is 3.41. The van der Waals surface area contributed by atoms with Crippen molar-refractivity contribution in [1.29, 1.82) is 0 Å². The van der Waals surface area contributed by atoms with E-state index in [-0.39, 0.29) is 40.9 Å². The quantitative estimate of drug-likeness (QED) is 0.538. The van der Waals surface area contributed by atoms with Crippen LogP contribution in [0.1, 0.15) is 31.3 Å². The van der Waals surface area contributed by atoms with Crippen LogP contribution in [0.25, 0.3) is 0 Å². The number of anilines is 1. The Morgan fingerprint density at radius 3 is 2.57 bits per heavy atom. The molecule has 1 amide bonds. The van der Waals surface area contributed by atoms with Crippen LogP contribution in [0.5, 0.6) is 11.5 Å². The normalized spacial score (nSPS) is 12.0. The van der Waals surface area contributed by atoms with Gasteiger partial charge in [-0.2, -0.15) is 13.9 Å². The van der Waals surface area contributed by atoms with Gasteiger partial charge in [-0.25, -0.2) is 0 Å². The minimum Gasteiger partial charge on any atom is -0.490 e. The fraction of sp³-hybridized carbons (Fsp3) is 0.412. The Morgan fingerprint density at radius 2 is 2.04 bits per heavy atom. The molecule has 2 aromatic rings. The van der Waals surface area contributed by atoms with E-state index in [4.69, 9.17) is 4.74 Å². The highest BCUT2D eigenvalue weighted by atomic mass is 19.3. The van der Waals surface area contributed by atoms with E-state index in [9.17, 15) is 23.7 Å². The van der Waals surface area contributed by atoms with Gasteiger partial charge in [0, 0.05) is 11.8 Å². The highest BCUT2D eigenvalue weighted by Crippen LogP contribution is 2.32. The first-order valence-electron chi connectivity index (χ1n) is 8.38. The number of amides is 1. The number of carbonyl (C=O) groups is 1. The van der Waals surface area contributed by atoms with Crippen LogP contribution in [-0.2, 0) is 4.79 Å². The van der Waals surface area contributed by atoms with Crippen LogP contribution in [0.2, 0.25) is 0 Å². The number of hydrogen-bond acceptors (Lipinski definition) is 6. The summed E-state index contributed by atoms with van der Waals surface area (Å²) in [4.78, 5) is 23.1. The smallest absolute Gasteiger partial charge is 0.387 e. The molecule has 0 spiro atoms. The van der Waals surface area contributed by atoms with Gasteiger partial charge in [-0.3, -0.25) is 19.6 Å². The third-order valence-corrected chi connectivity index (χ3v) is 3.94. The summed E-state index contributed by atoms with van der Waals surface area (Å²) in [5.74, 6) is -0.599. The minimum absolute atomic E-state index is 0.0509. The molecule has 1 heterocycles. The summed E-state index contributed by atoms with van der Waals surface area (Å²) in [5, 5.41) is 17.8. The number of carbonyl (C=O) groups excluding carboxylic acids is 1. The molecule has 0 bridgehead atoms. The second kappa shape index (κ2) is 8.63. The third kappa shape index (κ3) is 4.53. The maximum absolute atomic E-state index is 12.6. The van der Waals surface area contributed by atoms with Crippen molar-refractivity contribution in [3.8, 4) is 11.5 Å². The molecule has 1 atom stereocenters. The van der Waals surface area contributed by atoms with E-state index in [0.29, 0.717) is 0 Å². The zero-order chi connectivity index (χ0) is 21.0. The first kappa shape index (κ1) is 21.1. The Bertz CT molecular complexity index is 885. The van der Waals surface area contributed by atoms with Gasteiger partial charge in [0.15, 0.2) is 11.5 Å². The molecule has 152 valence electrons. The molecule has 0 saturated heterocycles. The topological polar surface area (TPSA) is 109 Å². The Balaban J connectivity index is 2.23. The van der Waals surface area contributed by atoms with E-state index in [0.717, 1.165) is 0 Å². The van der Waals surface area contributed by atoms with Crippen LogP contribution in [0.3, 0.4) is 0 Å². The number of nitrogens with one attached hydrogen (secondary N) is 1. The zero-order valence-electron chi connectivity index (χ0n) is 15.7. The standard InChI is InChI=1S/C17H20F2N4O5/c1-5-27-14-8-12(6-7-13(14)28-17(18)19)20-16(24)11(4)22-10(3)15(23(25)26)9(2)21-22/h6-8,11,17H,5H2,1-4H3,(H,20,24). The fourth-order valence-electron chi connectivity index (χ4n) is 2.70. The van der Waals surface area contributed by atoms with Crippen LogP contribution < -0.4 is 14.8 Å². The lowest BCUT2D eigenvalue weighted by atomic mass is 10.2. The van der Waals surface area contributed by atoms with E-state index >= 15 is 0 Å². The number of aromatic nitrogens is 2. The number of alkyl halides is 2. The predicted molar refractivity (Wildman–Crippen MR) is 95.9 cm³/mol. The molecule has 0 aliphatic rings. The molecule has 28 heavy (non-hydrogen) atoms. The van der Waals surface area contributed by atoms with Crippen molar-refractivity contribution in [3.05, 3.63) is 39.7 Å². The first-order chi connectivity index (χ1) is 13.1. The van der Waals surface area contributed by atoms with Gasteiger partial charge in [-0.15, -0.1) is 0 Å². The molecule has 1 aromatic carbocycles. The third-order valence-electron chi connectivity index (χ3n) is 3.94. The molecule has 1 aromatic heterocycles. The van der Waals surface area contributed by atoms with Gasteiger partial charge in [-0.05, 0) is 39.8 Å². The van der Waals surface area contributed by atoms with Crippen molar-refractivity contribution < 1.29 is 28.0 Å². The second-order valence-corrected chi connectivity index (χ2v) is 5.86. The van der Waals surface area contributed by atoms with Crippen molar-refractivity contribution in [2.45, 2.75) is 40.3 Å². The lowest BCUT2D eigenvalue weighted by Gasteiger charge is -2.16. The van der Waals surface area contributed by atoms with Gasteiger partial charge < -0.3 is 14.8 Å². The summed E-state index contributed by atoms with van der Waals surface area (Å²) in [7, 11) is 0. The summed E-state index contributed by atoms with van der Waals surface area (Å²) < 4.78 is 35.8. The molecule has 1 N–H and O–H groups in total. The van der Waals surface area contributed by atoms with Gasteiger partial charge in [0.05, 0.1) is 11.5 Å². The van der Waals surface area contributed by atoms with Crippen molar-refractivity contribution in [2.24, 2.45) is 0 Å². The Kier molecular flexibility index (Phi) is 6.49. The molecule has 0 saturated carbocycles. The Morgan fingerprint density at radius 1 is 1.36 bits per heavy atom. The maximum Gasteiger partial charge on any atom is 0.387 e. The molecule has 0 radical (unpaired) electrons. The van der Waals surface area contributed by atoms with Gasteiger partial charge in [0.2, 0.25) is 5.91 Å². The predicted octanol–water partition coefficient (Wildman–Crippen LogP) is 3.61. The number of hydrogen-bond donors (Lipinski definition) is 1. The average molecular weight is 398 g/mol.